The molecule has 0 radical (unpaired) electrons. The molecule has 3 aromatic carbocycles. The van der Waals surface area contributed by atoms with Crippen molar-refractivity contribution in [1.29, 1.82) is 0 Å². The summed E-state index contributed by atoms with van der Waals surface area (Å²) in [5.74, 6) is 0.0859. The number of nitrogens with one attached hydrogen (secondary N) is 2. The molecule has 0 unspecified atom stereocenters. The van der Waals surface area contributed by atoms with Crippen LogP contribution >= 0.6 is 0 Å². The van der Waals surface area contributed by atoms with Crippen molar-refractivity contribution in [3.8, 4) is 5.75 Å². The fraction of sp³-hybridized carbons (Fsp3) is 0.296. The van der Waals surface area contributed by atoms with Gasteiger partial charge < -0.3 is 21.5 Å². The van der Waals surface area contributed by atoms with Gasteiger partial charge in [0.05, 0.1) is 12.1 Å². The van der Waals surface area contributed by atoms with Crippen LogP contribution in [0.25, 0.3) is 0 Å². The highest BCUT2D eigenvalue weighted by atomic mass is 16.3. The number of aromatic hydroxyl groups is 1. The Morgan fingerprint density at radius 2 is 1.81 bits per heavy atom. The van der Waals surface area contributed by atoms with Gasteiger partial charge in [-0.2, -0.15) is 0 Å². The van der Waals surface area contributed by atoms with Gasteiger partial charge in [-0.05, 0) is 84.7 Å². The number of nitrogens with two attached hydrogens (primary N) is 1. The van der Waals surface area contributed by atoms with Crippen molar-refractivity contribution >= 4 is 11.6 Å². The zero-order valence-corrected chi connectivity index (χ0v) is 18.7. The lowest BCUT2D eigenvalue weighted by Gasteiger charge is -2.29. The second-order valence-electron chi connectivity index (χ2n) is 8.73. The lowest BCUT2D eigenvalue weighted by Crippen LogP contribution is -2.44. The summed E-state index contributed by atoms with van der Waals surface area (Å²) in [6.45, 7) is 4.67. The van der Waals surface area contributed by atoms with E-state index in [1.165, 1.54) is 11.1 Å². The molecule has 0 saturated heterocycles. The van der Waals surface area contributed by atoms with Crippen LogP contribution in [-0.4, -0.2) is 23.6 Å². The predicted octanol–water partition coefficient (Wildman–Crippen LogP) is 4.14. The van der Waals surface area contributed by atoms with E-state index < -0.39 is 6.04 Å². The van der Waals surface area contributed by atoms with Crippen LogP contribution in [-0.2, 0) is 17.6 Å². The van der Waals surface area contributed by atoms with Crippen molar-refractivity contribution in [2.24, 2.45) is 5.73 Å². The smallest absolute Gasteiger partial charge is 0.237 e. The fourth-order valence-corrected chi connectivity index (χ4v) is 4.54. The summed E-state index contributed by atoms with van der Waals surface area (Å²) in [6, 6.07) is 19.6. The fourth-order valence-electron chi connectivity index (χ4n) is 4.54. The number of fused-ring (bicyclic) bond motifs is 1. The van der Waals surface area contributed by atoms with Crippen LogP contribution in [0.15, 0.2) is 60.7 Å². The van der Waals surface area contributed by atoms with Crippen molar-refractivity contribution < 1.29 is 9.90 Å². The lowest BCUT2D eigenvalue weighted by atomic mass is 9.93. The number of rotatable bonds is 6. The quantitative estimate of drug-likeness (QED) is 0.474. The van der Waals surface area contributed by atoms with Crippen LogP contribution in [0, 0.1) is 13.8 Å². The SMILES string of the molecule is Cc1cc(O)cc(C)c1C[C@H](N)C(=O)N[C@H]1CCNc2cc(Cc3ccccc3)ccc21. The Labute approximate surface area is 189 Å². The summed E-state index contributed by atoms with van der Waals surface area (Å²) in [6.07, 6.45) is 2.14. The normalized spacial score (nSPS) is 16.0. The Bertz CT molecular complexity index is 1090. The minimum atomic E-state index is -0.646. The number of phenolic OH excluding ortho intramolecular Hbond substituents is 1. The van der Waals surface area contributed by atoms with E-state index in [2.05, 4.69) is 53.1 Å². The summed E-state index contributed by atoms with van der Waals surface area (Å²) in [4.78, 5) is 12.9. The molecule has 0 aromatic heterocycles. The molecule has 1 aliphatic rings. The minimum Gasteiger partial charge on any atom is -0.508 e. The lowest BCUT2D eigenvalue weighted by molar-refractivity contribution is -0.123. The average Bonchev–Trinajstić information content (AvgIpc) is 2.76. The second-order valence-corrected chi connectivity index (χ2v) is 8.73. The van der Waals surface area contributed by atoms with Gasteiger partial charge in [0.2, 0.25) is 5.91 Å². The summed E-state index contributed by atoms with van der Waals surface area (Å²) < 4.78 is 0. The Hall–Kier alpha value is -3.31. The predicted molar refractivity (Wildman–Crippen MR) is 129 cm³/mol. The van der Waals surface area contributed by atoms with Gasteiger partial charge >= 0.3 is 0 Å². The second kappa shape index (κ2) is 9.45. The third-order valence-electron chi connectivity index (χ3n) is 6.25. The molecule has 0 bridgehead atoms. The van der Waals surface area contributed by atoms with Crippen molar-refractivity contribution in [3.05, 3.63) is 94.0 Å². The number of anilines is 1. The number of hydrogen-bond acceptors (Lipinski definition) is 4. The van der Waals surface area contributed by atoms with E-state index in [1.54, 1.807) is 12.1 Å². The van der Waals surface area contributed by atoms with Crippen LogP contribution in [0.2, 0.25) is 0 Å². The topological polar surface area (TPSA) is 87.4 Å². The zero-order valence-electron chi connectivity index (χ0n) is 18.7. The van der Waals surface area contributed by atoms with Crippen LogP contribution in [0.1, 0.15) is 45.8 Å². The maximum absolute atomic E-state index is 12.9. The Morgan fingerprint density at radius 1 is 1.09 bits per heavy atom. The van der Waals surface area contributed by atoms with E-state index in [0.29, 0.717) is 6.42 Å². The van der Waals surface area contributed by atoms with Gasteiger partial charge in [0.1, 0.15) is 5.75 Å². The first-order valence-electron chi connectivity index (χ1n) is 11.2. The molecule has 0 saturated carbocycles. The van der Waals surface area contributed by atoms with E-state index in [1.807, 2.05) is 19.9 Å². The number of carbonyl (C=O) groups is 1. The molecule has 1 heterocycles. The first kappa shape index (κ1) is 21.9. The van der Waals surface area contributed by atoms with Crippen LogP contribution in [0.5, 0.6) is 5.75 Å². The largest absolute Gasteiger partial charge is 0.508 e. The highest BCUT2D eigenvalue weighted by Gasteiger charge is 2.25. The third-order valence-corrected chi connectivity index (χ3v) is 6.25. The minimum absolute atomic E-state index is 0.0578. The highest BCUT2D eigenvalue weighted by Crippen LogP contribution is 2.31. The number of amides is 1. The highest BCUT2D eigenvalue weighted by molar-refractivity contribution is 5.82. The molecule has 0 fully saturated rings. The molecule has 5 heteroatoms. The number of phenols is 1. The molecule has 3 aromatic rings. The molecule has 4 rings (SSSR count). The maximum atomic E-state index is 12.9. The van der Waals surface area contributed by atoms with Gasteiger partial charge in [-0.1, -0.05) is 42.5 Å². The van der Waals surface area contributed by atoms with Gasteiger partial charge in [0.25, 0.3) is 0 Å². The van der Waals surface area contributed by atoms with Crippen LogP contribution in [0.4, 0.5) is 5.69 Å². The first-order valence-corrected chi connectivity index (χ1v) is 11.2. The molecular weight excluding hydrogens is 398 g/mol. The third kappa shape index (κ3) is 4.94. The van der Waals surface area contributed by atoms with Gasteiger partial charge in [-0.25, -0.2) is 0 Å². The summed E-state index contributed by atoms with van der Waals surface area (Å²) in [5.41, 5.74) is 13.9. The molecule has 0 aliphatic carbocycles. The van der Waals surface area contributed by atoms with Gasteiger partial charge in [0.15, 0.2) is 0 Å². The van der Waals surface area contributed by atoms with Crippen molar-refractivity contribution in [2.75, 3.05) is 11.9 Å². The number of carbonyl (C=O) groups excluding carboxylic acids is 1. The Kier molecular flexibility index (Phi) is 6.47. The standard InChI is InChI=1S/C27H31N3O2/c1-17-12-21(31)13-18(2)23(17)16-24(28)27(32)30-25-10-11-29-26-15-20(8-9-22(25)26)14-19-6-4-3-5-7-19/h3-9,12-13,15,24-25,29,31H,10-11,14,16,28H2,1-2H3,(H,30,32)/t24-,25-/m0/s1. The van der Waals surface area contributed by atoms with Crippen molar-refractivity contribution in [2.45, 2.75) is 45.2 Å². The Morgan fingerprint density at radius 3 is 2.53 bits per heavy atom. The molecule has 0 spiro atoms. The van der Waals surface area contributed by atoms with E-state index in [0.717, 1.165) is 47.3 Å². The molecule has 1 aliphatic heterocycles. The summed E-state index contributed by atoms with van der Waals surface area (Å²) in [7, 11) is 0. The van der Waals surface area contributed by atoms with E-state index in [-0.39, 0.29) is 17.7 Å². The molecule has 166 valence electrons. The number of hydrogen-bond donors (Lipinski definition) is 4. The summed E-state index contributed by atoms with van der Waals surface area (Å²) in [5, 5.41) is 16.4. The number of aryl methyl sites for hydroxylation is 2. The maximum Gasteiger partial charge on any atom is 0.237 e. The van der Waals surface area contributed by atoms with Gasteiger partial charge in [0, 0.05) is 12.2 Å². The monoisotopic (exact) mass is 429 g/mol. The van der Waals surface area contributed by atoms with Gasteiger partial charge in [-0.15, -0.1) is 0 Å². The van der Waals surface area contributed by atoms with E-state index in [4.69, 9.17) is 5.73 Å². The molecule has 5 nitrogen and oxygen atoms in total. The van der Waals surface area contributed by atoms with E-state index in [9.17, 15) is 9.90 Å². The summed E-state index contributed by atoms with van der Waals surface area (Å²) >= 11 is 0. The molecular formula is C27H31N3O2. The molecule has 1 amide bonds. The molecule has 5 N–H and O–H groups in total. The average molecular weight is 430 g/mol. The van der Waals surface area contributed by atoms with Crippen LogP contribution in [0.3, 0.4) is 0 Å². The van der Waals surface area contributed by atoms with Crippen molar-refractivity contribution in [3.63, 3.8) is 0 Å². The van der Waals surface area contributed by atoms with Gasteiger partial charge in [-0.3, -0.25) is 4.79 Å². The van der Waals surface area contributed by atoms with E-state index >= 15 is 0 Å². The molecule has 2 atom stereocenters. The molecule has 32 heavy (non-hydrogen) atoms. The zero-order chi connectivity index (χ0) is 22.7. The number of benzene rings is 3. The van der Waals surface area contributed by atoms with Crippen LogP contribution < -0.4 is 16.4 Å². The first-order chi connectivity index (χ1) is 15.4. The Balaban J connectivity index is 1.44. The van der Waals surface area contributed by atoms with Crippen molar-refractivity contribution in [1.82, 2.24) is 5.32 Å².